The van der Waals surface area contributed by atoms with Gasteiger partial charge in [0, 0.05) is 38.3 Å². The molecule has 3 heterocycles. The number of carbonyl (C=O) groups excluding carboxylic acids is 1. The largest absolute Gasteiger partial charge is 0.353 e. The van der Waals surface area contributed by atoms with Gasteiger partial charge in [-0.15, -0.1) is 0 Å². The van der Waals surface area contributed by atoms with Crippen LogP contribution in [-0.4, -0.2) is 34.9 Å². The van der Waals surface area contributed by atoms with Crippen LogP contribution in [0, 0.1) is 5.92 Å². The van der Waals surface area contributed by atoms with Gasteiger partial charge in [-0.25, -0.2) is 4.98 Å². The molecule has 1 aromatic heterocycles. The van der Waals surface area contributed by atoms with Gasteiger partial charge in [0.1, 0.15) is 5.15 Å². The fourth-order valence-electron chi connectivity index (χ4n) is 3.09. The third-order valence-corrected chi connectivity index (χ3v) is 4.33. The van der Waals surface area contributed by atoms with Crippen LogP contribution in [-0.2, 0) is 11.3 Å². The summed E-state index contributed by atoms with van der Waals surface area (Å²) in [5, 5.41) is 3.65. The number of carbonyl (C=O) groups is 1. The standard InChI is InChI=1S/C14H18ClN3O/c15-13-3-1-10(7-16-13)8-18-6-5-12-11(9-18)2-4-14(19)17-12/h1,3,7,11-12H,2,4-6,8-9H2,(H,17,19). The molecule has 1 N–H and O–H groups in total. The van der Waals surface area contributed by atoms with E-state index in [0.29, 0.717) is 23.5 Å². The normalized spacial score (nSPS) is 27.7. The van der Waals surface area contributed by atoms with Gasteiger partial charge in [-0.1, -0.05) is 17.7 Å². The first kappa shape index (κ1) is 12.9. The molecule has 2 fully saturated rings. The minimum absolute atomic E-state index is 0.219. The first-order valence-corrected chi connectivity index (χ1v) is 7.20. The summed E-state index contributed by atoms with van der Waals surface area (Å²) in [6.45, 7) is 3.01. The van der Waals surface area contributed by atoms with Crippen molar-refractivity contribution < 1.29 is 4.79 Å². The molecule has 5 heteroatoms. The summed E-state index contributed by atoms with van der Waals surface area (Å²) in [5.74, 6) is 0.823. The Morgan fingerprint density at radius 3 is 3.11 bits per heavy atom. The first-order valence-electron chi connectivity index (χ1n) is 6.83. The molecule has 2 aliphatic rings. The molecule has 3 rings (SSSR count). The maximum absolute atomic E-state index is 11.4. The van der Waals surface area contributed by atoms with Gasteiger partial charge in [-0.2, -0.15) is 0 Å². The Labute approximate surface area is 118 Å². The maximum Gasteiger partial charge on any atom is 0.220 e. The smallest absolute Gasteiger partial charge is 0.220 e. The Bertz CT molecular complexity index is 462. The van der Waals surface area contributed by atoms with E-state index < -0.39 is 0 Å². The molecule has 2 aliphatic heterocycles. The molecule has 0 aromatic carbocycles. The lowest BCUT2D eigenvalue weighted by Gasteiger charge is -2.41. The van der Waals surface area contributed by atoms with Crippen LogP contribution in [0.4, 0.5) is 0 Å². The monoisotopic (exact) mass is 279 g/mol. The molecule has 19 heavy (non-hydrogen) atoms. The zero-order chi connectivity index (χ0) is 13.2. The highest BCUT2D eigenvalue weighted by atomic mass is 35.5. The van der Waals surface area contributed by atoms with Crippen LogP contribution >= 0.6 is 11.6 Å². The summed E-state index contributed by atoms with van der Waals surface area (Å²) in [6, 6.07) is 4.26. The molecule has 0 saturated carbocycles. The van der Waals surface area contributed by atoms with Gasteiger partial charge in [0.05, 0.1) is 0 Å². The van der Waals surface area contributed by atoms with Crippen molar-refractivity contribution in [1.29, 1.82) is 0 Å². The number of nitrogens with one attached hydrogen (secondary N) is 1. The second-order valence-corrected chi connectivity index (χ2v) is 5.87. The van der Waals surface area contributed by atoms with Gasteiger partial charge in [0.2, 0.25) is 5.91 Å². The van der Waals surface area contributed by atoms with Crippen LogP contribution in [0.2, 0.25) is 5.15 Å². The topological polar surface area (TPSA) is 45.2 Å². The molecule has 0 spiro atoms. The molecule has 4 nitrogen and oxygen atoms in total. The Kier molecular flexibility index (Phi) is 3.71. The van der Waals surface area contributed by atoms with Crippen molar-refractivity contribution >= 4 is 17.5 Å². The van der Waals surface area contributed by atoms with Crippen LogP contribution in [0.15, 0.2) is 18.3 Å². The third-order valence-electron chi connectivity index (χ3n) is 4.10. The number of likely N-dealkylation sites (tertiary alicyclic amines) is 1. The molecule has 1 amide bonds. The summed E-state index contributed by atoms with van der Waals surface area (Å²) < 4.78 is 0. The number of piperidine rings is 2. The third kappa shape index (κ3) is 3.07. The lowest BCUT2D eigenvalue weighted by Crippen LogP contribution is -2.53. The van der Waals surface area contributed by atoms with E-state index in [0.717, 1.165) is 32.5 Å². The van der Waals surface area contributed by atoms with E-state index in [9.17, 15) is 4.79 Å². The molecule has 2 atom stereocenters. The summed E-state index contributed by atoms with van der Waals surface area (Å²) >= 11 is 5.79. The fourth-order valence-corrected chi connectivity index (χ4v) is 3.20. The van der Waals surface area contributed by atoms with Crippen molar-refractivity contribution in [2.75, 3.05) is 13.1 Å². The van der Waals surface area contributed by atoms with Gasteiger partial charge in [-0.3, -0.25) is 9.69 Å². The quantitative estimate of drug-likeness (QED) is 0.840. The van der Waals surface area contributed by atoms with Gasteiger partial charge in [0.25, 0.3) is 0 Å². The van der Waals surface area contributed by atoms with E-state index in [1.54, 1.807) is 0 Å². The van der Waals surface area contributed by atoms with E-state index in [2.05, 4.69) is 15.2 Å². The molecule has 0 bridgehead atoms. The maximum atomic E-state index is 11.4. The number of rotatable bonds is 2. The highest BCUT2D eigenvalue weighted by molar-refractivity contribution is 6.29. The van der Waals surface area contributed by atoms with Crippen molar-refractivity contribution in [3.63, 3.8) is 0 Å². The van der Waals surface area contributed by atoms with Crippen LogP contribution in [0.25, 0.3) is 0 Å². The number of halogens is 1. The number of pyridine rings is 1. The summed E-state index contributed by atoms with van der Waals surface area (Å²) in [6.07, 6.45) is 4.60. The number of hydrogen-bond acceptors (Lipinski definition) is 3. The van der Waals surface area contributed by atoms with E-state index in [1.807, 2.05) is 18.3 Å². The molecular weight excluding hydrogens is 262 g/mol. The minimum atomic E-state index is 0.219. The van der Waals surface area contributed by atoms with Gasteiger partial charge in [-0.05, 0) is 30.4 Å². The van der Waals surface area contributed by atoms with Crippen LogP contribution in [0.1, 0.15) is 24.8 Å². The Morgan fingerprint density at radius 1 is 1.42 bits per heavy atom. The number of aromatic nitrogens is 1. The van der Waals surface area contributed by atoms with Gasteiger partial charge < -0.3 is 5.32 Å². The van der Waals surface area contributed by atoms with Crippen molar-refractivity contribution in [3.05, 3.63) is 29.0 Å². The minimum Gasteiger partial charge on any atom is -0.353 e. The van der Waals surface area contributed by atoms with Crippen LogP contribution < -0.4 is 5.32 Å². The molecule has 2 unspecified atom stereocenters. The van der Waals surface area contributed by atoms with E-state index in [1.165, 1.54) is 5.56 Å². The average molecular weight is 280 g/mol. The average Bonchev–Trinajstić information content (AvgIpc) is 2.42. The van der Waals surface area contributed by atoms with Gasteiger partial charge >= 0.3 is 0 Å². The molecular formula is C14H18ClN3O. The zero-order valence-corrected chi connectivity index (χ0v) is 11.6. The van der Waals surface area contributed by atoms with Crippen LogP contribution in [0.5, 0.6) is 0 Å². The lowest BCUT2D eigenvalue weighted by atomic mass is 9.85. The van der Waals surface area contributed by atoms with Crippen molar-refractivity contribution in [2.24, 2.45) is 5.92 Å². The predicted molar refractivity (Wildman–Crippen MR) is 73.8 cm³/mol. The Hall–Kier alpha value is -1.13. The number of amides is 1. The SMILES string of the molecule is O=C1CCC2CN(Cc3ccc(Cl)nc3)CCC2N1. The summed E-state index contributed by atoms with van der Waals surface area (Å²) in [7, 11) is 0. The molecule has 0 aliphatic carbocycles. The lowest BCUT2D eigenvalue weighted by molar-refractivity contribution is -0.125. The number of hydrogen-bond donors (Lipinski definition) is 1. The molecule has 1 aromatic rings. The molecule has 102 valence electrons. The Morgan fingerprint density at radius 2 is 2.32 bits per heavy atom. The molecule has 0 radical (unpaired) electrons. The highest BCUT2D eigenvalue weighted by Gasteiger charge is 2.33. The van der Waals surface area contributed by atoms with Crippen molar-refractivity contribution in [1.82, 2.24) is 15.2 Å². The van der Waals surface area contributed by atoms with Crippen molar-refractivity contribution in [2.45, 2.75) is 31.8 Å². The van der Waals surface area contributed by atoms with Crippen molar-refractivity contribution in [3.8, 4) is 0 Å². The molecule has 2 saturated heterocycles. The summed E-state index contributed by atoms with van der Waals surface area (Å²) in [5.41, 5.74) is 1.20. The zero-order valence-electron chi connectivity index (χ0n) is 10.8. The number of fused-ring (bicyclic) bond motifs is 1. The Balaban J connectivity index is 1.59. The van der Waals surface area contributed by atoms with E-state index in [4.69, 9.17) is 11.6 Å². The second-order valence-electron chi connectivity index (χ2n) is 5.49. The predicted octanol–water partition coefficient (Wildman–Crippen LogP) is 1.84. The second kappa shape index (κ2) is 5.47. The van der Waals surface area contributed by atoms with E-state index >= 15 is 0 Å². The highest BCUT2D eigenvalue weighted by Crippen LogP contribution is 2.26. The fraction of sp³-hybridized carbons (Fsp3) is 0.571. The van der Waals surface area contributed by atoms with Crippen LogP contribution in [0.3, 0.4) is 0 Å². The summed E-state index contributed by atoms with van der Waals surface area (Å²) in [4.78, 5) is 17.9. The van der Waals surface area contributed by atoms with Gasteiger partial charge in [0.15, 0.2) is 0 Å². The first-order chi connectivity index (χ1) is 9.20. The van der Waals surface area contributed by atoms with E-state index in [-0.39, 0.29) is 5.91 Å². The number of nitrogens with zero attached hydrogens (tertiary/aromatic N) is 2.